The summed E-state index contributed by atoms with van der Waals surface area (Å²) in [6.07, 6.45) is 1.61. The summed E-state index contributed by atoms with van der Waals surface area (Å²) in [4.78, 5) is 15.8. The normalized spacial score (nSPS) is 10.7. The SMILES string of the molecule is O=C(c1ccc(COc2ccccc2)o1)N(Cc1ccco1)Cc1cccs1. The van der Waals surface area contributed by atoms with E-state index in [2.05, 4.69) is 0 Å². The minimum absolute atomic E-state index is 0.184. The van der Waals surface area contributed by atoms with E-state index in [1.807, 2.05) is 60.0 Å². The lowest BCUT2D eigenvalue weighted by atomic mass is 10.3. The van der Waals surface area contributed by atoms with Crippen LogP contribution in [0.1, 0.15) is 27.0 Å². The first kappa shape index (κ1) is 18.1. The number of carbonyl (C=O) groups excluding carboxylic acids is 1. The number of nitrogens with zero attached hydrogens (tertiary/aromatic N) is 1. The van der Waals surface area contributed by atoms with Gasteiger partial charge in [-0.2, -0.15) is 0 Å². The summed E-state index contributed by atoms with van der Waals surface area (Å²) in [5.41, 5.74) is 0. The number of para-hydroxylation sites is 1. The molecule has 0 bridgehead atoms. The molecular formula is C22H19NO4S. The van der Waals surface area contributed by atoms with Crippen LogP contribution in [0.3, 0.4) is 0 Å². The third-order valence-electron chi connectivity index (χ3n) is 4.14. The Balaban J connectivity index is 1.46. The van der Waals surface area contributed by atoms with Crippen LogP contribution in [0.2, 0.25) is 0 Å². The van der Waals surface area contributed by atoms with E-state index in [9.17, 15) is 4.79 Å². The van der Waals surface area contributed by atoms with Crippen molar-refractivity contribution < 1.29 is 18.4 Å². The Hall–Kier alpha value is -3.25. The molecule has 28 heavy (non-hydrogen) atoms. The number of furan rings is 2. The highest BCUT2D eigenvalue weighted by atomic mass is 32.1. The van der Waals surface area contributed by atoms with Gasteiger partial charge in [-0.05, 0) is 47.8 Å². The van der Waals surface area contributed by atoms with Gasteiger partial charge in [0.2, 0.25) is 0 Å². The van der Waals surface area contributed by atoms with Gasteiger partial charge in [0, 0.05) is 4.88 Å². The standard InChI is InChI=1S/C22H19NO4S/c24-22(21-11-10-19(27-21)16-26-17-6-2-1-3-7-17)23(14-18-8-4-12-25-18)15-20-9-5-13-28-20/h1-13H,14-16H2. The summed E-state index contributed by atoms with van der Waals surface area (Å²) >= 11 is 1.61. The van der Waals surface area contributed by atoms with Crippen LogP contribution in [0.15, 0.2) is 87.2 Å². The fraction of sp³-hybridized carbons (Fsp3) is 0.136. The van der Waals surface area contributed by atoms with E-state index in [0.717, 1.165) is 16.4 Å². The molecule has 1 amide bonds. The Morgan fingerprint density at radius 3 is 2.57 bits per heavy atom. The van der Waals surface area contributed by atoms with Gasteiger partial charge in [0.15, 0.2) is 5.76 Å². The molecule has 5 nitrogen and oxygen atoms in total. The van der Waals surface area contributed by atoms with Crippen LogP contribution >= 0.6 is 11.3 Å². The highest BCUT2D eigenvalue weighted by molar-refractivity contribution is 7.09. The zero-order valence-corrected chi connectivity index (χ0v) is 15.9. The Bertz CT molecular complexity index is 954. The van der Waals surface area contributed by atoms with Gasteiger partial charge < -0.3 is 18.5 Å². The number of amides is 1. The van der Waals surface area contributed by atoms with Gasteiger partial charge in [-0.25, -0.2) is 0 Å². The van der Waals surface area contributed by atoms with Gasteiger partial charge in [-0.15, -0.1) is 11.3 Å². The lowest BCUT2D eigenvalue weighted by Crippen LogP contribution is -2.29. The van der Waals surface area contributed by atoms with Crippen molar-refractivity contribution in [3.8, 4) is 5.75 Å². The quantitative estimate of drug-likeness (QED) is 0.405. The minimum Gasteiger partial charge on any atom is -0.486 e. The molecule has 0 aliphatic rings. The van der Waals surface area contributed by atoms with Crippen molar-refractivity contribution >= 4 is 17.2 Å². The fourth-order valence-corrected chi connectivity index (χ4v) is 3.50. The maximum atomic E-state index is 13.0. The van der Waals surface area contributed by atoms with Gasteiger partial charge in [0.25, 0.3) is 5.91 Å². The average Bonchev–Trinajstić information content (AvgIpc) is 3.49. The van der Waals surface area contributed by atoms with E-state index in [1.165, 1.54) is 0 Å². The van der Waals surface area contributed by atoms with Crippen LogP contribution in [0.5, 0.6) is 5.75 Å². The largest absolute Gasteiger partial charge is 0.486 e. The highest BCUT2D eigenvalue weighted by Gasteiger charge is 2.21. The smallest absolute Gasteiger partial charge is 0.290 e. The van der Waals surface area contributed by atoms with E-state index >= 15 is 0 Å². The van der Waals surface area contributed by atoms with E-state index in [-0.39, 0.29) is 18.3 Å². The lowest BCUT2D eigenvalue weighted by Gasteiger charge is -2.19. The molecule has 0 saturated heterocycles. The van der Waals surface area contributed by atoms with Gasteiger partial charge in [-0.1, -0.05) is 24.3 Å². The van der Waals surface area contributed by atoms with Crippen molar-refractivity contribution in [2.24, 2.45) is 0 Å². The summed E-state index contributed by atoms with van der Waals surface area (Å²) in [5.74, 6) is 2.18. The third-order valence-corrected chi connectivity index (χ3v) is 5.00. The monoisotopic (exact) mass is 393 g/mol. The highest BCUT2D eigenvalue weighted by Crippen LogP contribution is 2.20. The van der Waals surface area contributed by atoms with E-state index in [4.69, 9.17) is 13.6 Å². The van der Waals surface area contributed by atoms with Gasteiger partial charge in [-0.3, -0.25) is 4.79 Å². The van der Waals surface area contributed by atoms with Crippen molar-refractivity contribution in [2.45, 2.75) is 19.7 Å². The molecular weight excluding hydrogens is 374 g/mol. The fourth-order valence-electron chi connectivity index (χ4n) is 2.78. The van der Waals surface area contributed by atoms with Crippen molar-refractivity contribution in [3.63, 3.8) is 0 Å². The summed E-state index contributed by atoms with van der Waals surface area (Å²) in [7, 11) is 0. The molecule has 1 aromatic carbocycles. The number of benzene rings is 1. The van der Waals surface area contributed by atoms with Crippen LogP contribution in [0.25, 0.3) is 0 Å². The minimum atomic E-state index is -0.184. The molecule has 142 valence electrons. The second-order valence-corrected chi connectivity index (χ2v) is 7.22. The lowest BCUT2D eigenvalue weighted by molar-refractivity contribution is 0.0683. The van der Waals surface area contributed by atoms with Crippen LogP contribution < -0.4 is 4.74 Å². The molecule has 4 aromatic rings. The third kappa shape index (κ3) is 4.53. The average molecular weight is 393 g/mol. The number of thiophene rings is 1. The van der Waals surface area contributed by atoms with E-state index < -0.39 is 0 Å². The molecule has 4 rings (SSSR count). The molecule has 0 aliphatic heterocycles. The van der Waals surface area contributed by atoms with Crippen molar-refractivity contribution in [1.29, 1.82) is 0 Å². The molecule has 0 saturated carbocycles. The molecule has 6 heteroatoms. The summed E-state index contributed by atoms with van der Waals surface area (Å²) < 4.78 is 16.8. The molecule has 0 spiro atoms. The predicted molar refractivity (Wildman–Crippen MR) is 106 cm³/mol. The summed E-state index contributed by atoms with van der Waals surface area (Å²) in [5, 5.41) is 2.00. The van der Waals surface area contributed by atoms with Crippen LogP contribution in [-0.2, 0) is 19.7 Å². The predicted octanol–water partition coefficient (Wildman–Crippen LogP) is 5.36. The number of rotatable bonds is 8. The van der Waals surface area contributed by atoms with E-state index in [1.54, 1.807) is 34.6 Å². The van der Waals surface area contributed by atoms with Gasteiger partial charge >= 0.3 is 0 Å². The topological polar surface area (TPSA) is 55.8 Å². The molecule has 0 atom stereocenters. The maximum absolute atomic E-state index is 13.0. The Morgan fingerprint density at radius 1 is 0.929 bits per heavy atom. The van der Waals surface area contributed by atoms with Crippen LogP contribution in [0.4, 0.5) is 0 Å². The summed E-state index contributed by atoms with van der Waals surface area (Å²) in [6, 6.07) is 20.6. The first-order valence-corrected chi connectivity index (χ1v) is 9.76. The molecule has 3 aromatic heterocycles. The number of carbonyl (C=O) groups is 1. The molecule has 0 aliphatic carbocycles. The molecule has 3 heterocycles. The zero-order chi connectivity index (χ0) is 19.2. The Kier molecular flexibility index (Phi) is 5.58. The zero-order valence-electron chi connectivity index (χ0n) is 15.1. The molecule has 0 N–H and O–H groups in total. The van der Waals surface area contributed by atoms with E-state index in [0.29, 0.717) is 18.8 Å². The number of ether oxygens (including phenoxy) is 1. The maximum Gasteiger partial charge on any atom is 0.290 e. The number of hydrogen-bond donors (Lipinski definition) is 0. The van der Waals surface area contributed by atoms with Crippen molar-refractivity contribution in [3.05, 3.63) is 101 Å². The Labute approximate surface area is 166 Å². The molecule has 0 radical (unpaired) electrons. The number of hydrogen-bond acceptors (Lipinski definition) is 5. The van der Waals surface area contributed by atoms with Crippen molar-refractivity contribution in [1.82, 2.24) is 4.90 Å². The van der Waals surface area contributed by atoms with Crippen molar-refractivity contribution in [2.75, 3.05) is 0 Å². The first-order valence-electron chi connectivity index (χ1n) is 8.88. The van der Waals surface area contributed by atoms with Gasteiger partial charge in [0.05, 0.1) is 19.4 Å². The van der Waals surface area contributed by atoms with Crippen LogP contribution in [-0.4, -0.2) is 10.8 Å². The summed E-state index contributed by atoms with van der Waals surface area (Å²) in [6.45, 7) is 1.13. The van der Waals surface area contributed by atoms with Gasteiger partial charge in [0.1, 0.15) is 23.9 Å². The molecule has 0 unspecified atom stereocenters. The second kappa shape index (κ2) is 8.63. The first-order chi connectivity index (χ1) is 13.8. The second-order valence-electron chi connectivity index (χ2n) is 6.19. The Morgan fingerprint density at radius 2 is 1.82 bits per heavy atom. The van der Waals surface area contributed by atoms with Crippen LogP contribution in [0, 0.1) is 0 Å². The molecule has 0 fully saturated rings.